The Balaban J connectivity index is 1.45. The maximum Gasteiger partial charge on any atom is 0.221 e. The van der Waals surface area contributed by atoms with Crippen molar-refractivity contribution in [1.82, 2.24) is 5.32 Å². The van der Waals surface area contributed by atoms with Crippen molar-refractivity contribution in [2.45, 2.75) is 17.7 Å². The van der Waals surface area contributed by atoms with Crippen LogP contribution in [0, 0.1) is 0 Å². The van der Waals surface area contributed by atoms with Gasteiger partial charge in [-0.1, -0.05) is 17.7 Å². The van der Waals surface area contributed by atoms with Crippen molar-refractivity contribution in [1.29, 1.82) is 0 Å². The van der Waals surface area contributed by atoms with Crippen LogP contribution in [0.3, 0.4) is 0 Å². The Morgan fingerprint density at radius 2 is 1.74 bits per heavy atom. The molecule has 0 saturated heterocycles. The fraction of sp³-hybridized carbons (Fsp3) is 0.316. The highest BCUT2D eigenvalue weighted by Crippen LogP contribution is 2.30. The Labute approximate surface area is 163 Å². The van der Waals surface area contributed by atoms with E-state index in [9.17, 15) is 13.2 Å². The lowest BCUT2D eigenvalue weighted by Gasteiger charge is -2.18. The van der Waals surface area contributed by atoms with Crippen LogP contribution < -0.4 is 14.8 Å². The fourth-order valence-corrected chi connectivity index (χ4v) is 4.03. The number of amides is 1. The molecular weight excluding hydrogens is 390 g/mol. The van der Waals surface area contributed by atoms with Gasteiger partial charge in [0.1, 0.15) is 13.2 Å². The predicted octanol–water partition coefficient (Wildman–Crippen LogP) is 2.63. The standard InChI is InChI=1S/C19H20ClNO5S/c20-15-2-4-16(5-3-15)27(23,24)12-8-19(22)21-9-7-14-1-6-17-18(13-14)26-11-10-25-17/h1-6,13H,7-12H2,(H,21,22). The number of hydrogen-bond donors (Lipinski definition) is 1. The van der Waals surface area contributed by atoms with E-state index in [1.165, 1.54) is 24.3 Å². The molecule has 0 saturated carbocycles. The van der Waals surface area contributed by atoms with Gasteiger partial charge in [-0.25, -0.2) is 8.42 Å². The van der Waals surface area contributed by atoms with Crippen LogP contribution in [0.15, 0.2) is 47.4 Å². The van der Waals surface area contributed by atoms with Gasteiger partial charge in [0.25, 0.3) is 0 Å². The van der Waals surface area contributed by atoms with Crippen LogP contribution in [-0.2, 0) is 21.1 Å². The molecule has 0 aromatic heterocycles. The molecule has 0 atom stereocenters. The molecule has 0 unspecified atom stereocenters. The summed E-state index contributed by atoms with van der Waals surface area (Å²) in [5.41, 5.74) is 1.01. The average molecular weight is 410 g/mol. The number of carbonyl (C=O) groups is 1. The second-order valence-electron chi connectivity index (χ2n) is 6.10. The molecule has 27 heavy (non-hydrogen) atoms. The van der Waals surface area contributed by atoms with E-state index >= 15 is 0 Å². The third kappa shape index (κ3) is 5.37. The van der Waals surface area contributed by atoms with E-state index in [1.54, 1.807) is 0 Å². The highest BCUT2D eigenvalue weighted by Gasteiger charge is 2.16. The molecule has 6 nitrogen and oxygen atoms in total. The van der Waals surface area contributed by atoms with Crippen molar-refractivity contribution in [3.8, 4) is 11.5 Å². The molecule has 0 fully saturated rings. The number of halogens is 1. The van der Waals surface area contributed by atoms with Crippen LogP contribution in [0.2, 0.25) is 5.02 Å². The van der Waals surface area contributed by atoms with Gasteiger partial charge >= 0.3 is 0 Å². The van der Waals surface area contributed by atoms with Crippen LogP contribution in [0.5, 0.6) is 11.5 Å². The second kappa shape index (κ2) is 8.63. The molecule has 144 valence electrons. The maximum absolute atomic E-state index is 12.2. The summed E-state index contributed by atoms with van der Waals surface area (Å²) >= 11 is 5.76. The first-order valence-corrected chi connectivity index (χ1v) is 10.6. The molecule has 1 aliphatic rings. The molecule has 1 N–H and O–H groups in total. The molecule has 2 aromatic rings. The molecule has 0 aliphatic carbocycles. The van der Waals surface area contributed by atoms with E-state index in [1.807, 2.05) is 18.2 Å². The first-order chi connectivity index (χ1) is 12.9. The summed E-state index contributed by atoms with van der Waals surface area (Å²) in [7, 11) is -3.51. The number of hydrogen-bond acceptors (Lipinski definition) is 5. The van der Waals surface area contributed by atoms with Crippen LogP contribution in [0.25, 0.3) is 0 Å². The largest absolute Gasteiger partial charge is 0.486 e. The smallest absolute Gasteiger partial charge is 0.221 e. The van der Waals surface area contributed by atoms with Crippen molar-refractivity contribution in [2.24, 2.45) is 0 Å². The summed E-state index contributed by atoms with van der Waals surface area (Å²) < 4.78 is 35.5. The monoisotopic (exact) mass is 409 g/mol. The van der Waals surface area contributed by atoms with Gasteiger partial charge < -0.3 is 14.8 Å². The number of carbonyl (C=O) groups excluding carboxylic acids is 1. The Morgan fingerprint density at radius 3 is 2.48 bits per heavy atom. The van der Waals surface area contributed by atoms with Crippen LogP contribution in [0.4, 0.5) is 0 Å². The quantitative estimate of drug-likeness (QED) is 0.760. The topological polar surface area (TPSA) is 81.7 Å². The lowest BCUT2D eigenvalue weighted by atomic mass is 10.1. The van der Waals surface area contributed by atoms with Gasteiger partial charge in [0, 0.05) is 18.0 Å². The van der Waals surface area contributed by atoms with Gasteiger partial charge in [-0.05, 0) is 48.4 Å². The van der Waals surface area contributed by atoms with E-state index in [0.717, 1.165) is 11.3 Å². The molecule has 1 heterocycles. The molecule has 8 heteroatoms. The predicted molar refractivity (Wildman–Crippen MR) is 102 cm³/mol. The van der Waals surface area contributed by atoms with E-state index < -0.39 is 9.84 Å². The van der Waals surface area contributed by atoms with Gasteiger partial charge in [0.05, 0.1) is 10.6 Å². The van der Waals surface area contributed by atoms with Crippen LogP contribution in [-0.4, -0.2) is 39.8 Å². The van der Waals surface area contributed by atoms with E-state index in [0.29, 0.717) is 37.0 Å². The molecule has 0 spiro atoms. The number of rotatable bonds is 7. The Kier molecular flexibility index (Phi) is 6.23. The van der Waals surface area contributed by atoms with Crippen molar-refractivity contribution in [3.63, 3.8) is 0 Å². The van der Waals surface area contributed by atoms with Gasteiger partial charge in [-0.3, -0.25) is 4.79 Å². The summed E-state index contributed by atoms with van der Waals surface area (Å²) in [5.74, 6) is 0.885. The molecule has 1 aliphatic heterocycles. The van der Waals surface area contributed by atoms with Gasteiger partial charge in [-0.2, -0.15) is 0 Å². The molecule has 1 amide bonds. The lowest BCUT2D eigenvalue weighted by molar-refractivity contribution is -0.120. The maximum atomic E-state index is 12.2. The van der Waals surface area contributed by atoms with Crippen LogP contribution >= 0.6 is 11.6 Å². The average Bonchev–Trinajstić information content (AvgIpc) is 2.67. The summed E-state index contributed by atoms with van der Waals surface area (Å²) in [5, 5.41) is 3.21. The van der Waals surface area contributed by atoms with Crippen molar-refractivity contribution >= 4 is 27.3 Å². The molecular formula is C19H20ClNO5S. The van der Waals surface area contributed by atoms with Gasteiger partial charge in [-0.15, -0.1) is 0 Å². The summed E-state index contributed by atoms with van der Waals surface area (Å²) in [6.07, 6.45) is 0.526. The number of fused-ring (bicyclic) bond motifs is 1. The number of nitrogens with one attached hydrogen (secondary N) is 1. The zero-order valence-electron chi connectivity index (χ0n) is 14.6. The van der Waals surface area contributed by atoms with Gasteiger partial charge in [0.2, 0.25) is 5.91 Å². The number of ether oxygens (including phenoxy) is 2. The number of benzene rings is 2. The van der Waals surface area contributed by atoms with E-state index in [-0.39, 0.29) is 23.0 Å². The Hall–Kier alpha value is -2.25. The molecule has 3 rings (SSSR count). The Morgan fingerprint density at radius 1 is 1.04 bits per heavy atom. The third-order valence-electron chi connectivity index (χ3n) is 4.11. The lowest BCUT2D eigenvalue weighted by Crippen LogP contribution is -2.27. The van der Waals surface area contributed by atoms with E-state index in [2.05, 4.69) is 5.32 Å². The van der Waals surface area contributed by atoms with Crippen molar-refractivity contribution < 1.29 is 22.7 Å². The minimum atomic E-state index is -3.51. The summed E-state index contributed by atoms with van der Waals surface area (Å²) in [6, 6.07) is 11.6. The van der Waals surface area contributed by atoms with Crippen LogP contribution in [0.1, 0.15) is 12.0 Å². The highest BCUT2D eigenvalue weighted by molar-refractivity contribution is 7.91. The fourth-order valence-electron chi connectivity index (χ4n) is 2.66. The van der Waals surface area contributed by atoms with Gasteiger partial charge in [0.15, 0.2) is 21.3 Å². The summed E-state index contributed by atoms with van der Waals surface area (Å²) in [6.45, 7) is 1.48. The van der Waals surface area contributed by atoms with E-state index in [4.69, 9.17) is 21.1 Å². The zero-order chi connectivity index (χ0) is 19.3. The minimum absolute atomic E-state index is 0.0912. The summed E-state index contributed by atoms with van der Waals surface area (Å²) in [4.78, 5) is 12.1. The van der Waals surface area contributed by atoms with Crippen molar-refractivity contribution in [3.05, 3.63) is 53.1 Å². The first-order valence-electron chi connectivity index (χ1n) is 8.57. The second-order valence-corrected chi connectivity index (χ2v) is 8.65. The zero-order valence-corrected chi connectivity index (χ0v) is 16.2. The molecule has 2 aromatic carbocycles. The third-order valence-corrected chi connectivity index (χ3v) is 6.10. The highest BCUT2D eigenvalue weighted by atomic mass is 35.5. The molecule has 0 bridgehead atoms. The minimum Gasteiger partial charge on any atom is -0.486 e. The Bertz CT molecular complexity index is 912. The molecule has 0 radical (unpaired) electrons. The number of sulfone groups is 1. The SMILES string of the molecule is O=C(CCS(=O)(=O)c1ccc(Cl)cc1)NCCc1ccc2c(c1)OCCO2. The first kappa shape index (κ1) is 19.5. The normalized spacial score (nSPS) is 13.2. The van der Waals surface area contributed by atoms with Crippen molar-refractivity contribution in [2.75, 3.05) is 25.5 Å².